The van der Waals surface area contributed by atoms with E-state index in [2.05, 4.69) is 29.0 Å². The van der Waals surface area contributed by atoms with Crippen LogP contribution < -0.4 is 4.90 Å². The number of hydrogen-bond acceptors (Lipinski definition) is 5. The number of piperazine rings is 1. The Morgan fingerprint density at radius 1 is 1.12 bits per heavy atom. The van der Waals surface area contributed by atoms with Crippen LogP contribution in [0.15, 0.2) is 18.3 Å². The number of carbonyl (C=O) groups is 1. The molecule has 0 unspecified atom stereocenters. The van der Waals surface area contributed by atoms with Gasteiger partial charge < -0.3 is 14.5 Å². The molecule has 1 aromatic heterocycles. The summed E-state index contributed by atoms with van der Waals surface area (Å²) in [5.41, 5.74) is 0.862. The van der Waals surface area contributed by atoms with E-state index in [0.717, 1.165) is 18.9 Å². The number of amides is 1. The fraction of sp³-hybridized carbons (Fsp3) is 0.700. The number of piperidine rings is 1. The van der Waals surface area contributed by atoms with Gasteiger partial charge in [0.2, 0.25) is 0 Å². The molecule has 0 aliphatic carbocycles. The average molecular weight is 361 g/mol. The highest BCUT2D eigenvalue weighted by Crippen LogP contribution is 2.29. The maximum absolute atomic E-state index is 12.2. The molecule has 26 heavy (non-hydrogen) atoms. The molecule has 0 aromatic carbocycles. The Bertz CT molecular complexity index is 603. The summed E-state index contributed by atoms with van der Waals surface area (Å²) in [4.78, 5) is 23.3. The predicted molar refractivity (Wildman–Crippen MR) is 103 cm³/mol. The van der Waals surface area contributed by atoms with Gasteiger partial charge in [0.15, 0.2) is 0 Å². The second-order valence-electron chi connectivity index (χ2n) is 8.40. The lowest BCUT2D eigenvalue weighted by Gasteiger charge is -2.36. The minimum Gasteiger partial charge on any atom is -0.444 e. The summed E-state index contributed by atoms with van der Waals surface area (Å²) in [6.45, 7) is 9.78. The predicted octanol–water partition coefficient (Wildman–Crippen LogP) is 3.30. The molecule has 3 heterocycles. The monoisotopic (exact) mass is 360 g/mol. The molecule has 144 valence electrons. The number of pyridine rings is 1. The van der Waals surface area contributed by atoms with E-state index >= 15 is 0 Å². The van der Waals surface area contributed by atoms with Crippen LogP contribution in [0.5, 0.6) is 0 Å². The second kappa shape index (κ2) is 7.82. The van der Waals surface area contributed by atoms with Crippen molar-refractivity contribution in [3.8, 4) is 0 Å². The molecule has 2 saturated heterocycles. The first-order chi connectivity index (χ1) is 12.3. The Morgan fingerprint density at radius 3 is 2.42 bits per heavy atom. The Morgan fingerprint density at radius 2 is 1.85 bits per heavy atom. The highest BCUT2D eigenvalue weighted by atomic mass is 16.6. The molecule has 6 heteroatoms. The van der Waals surface area contributed by atoms with Crippen LogP contribution in [0.1, 0.15) is 51.6 Å². The molecule has 1 atom stereocenters. The number of likely N-dealkylation sites (tertiary alicyclic amines) is 1. The average Bonchev–Trinajstić information content (AvgIpc) is 2.61. The van der Waals surface area contributed by atoms with E-state index in [9.17, 15) is 4.79 Å². The third kappa shape index (κ3) is 4.67. The molecular weight excluding hydrogens is 328 g/mol. The highest BCUT2D eigenvalue weighted by Gasteiger charge is 2.26. The molecule has 2 aliphatic rings. The summed E-state index contributed by atoms with van der Waals surface area (Å²) in [6, 6.07) is 4.84. The van der Waals surface area contributed by atoms with Crippen molar-refractivity contribution in [1.82, 2.24) is 14.8 Å². The summed E-state index contributed by atoms with van der Waals surface area (Å²) >= 11 is 0. The minimum atomic E-state index is -0.447. The van der Waals surface area contributed by atoms with Crippen LogP contribution in [0.2, 0.25) is 0 Å². The van der Waals surface area contributed by atoms with Gasteiger partial charge in [-0.2, -0.15) is 0 Å². The Hall–Kier alpha value is -1.82. The number of hydrogen-bond donors (Lipinski definition) is 0. The van der Waals surface area contributed by atoms with Gasteiger partial charge in [-0.25, -0.2) is 9.78 Å². The standard InChI is InChI=1S/C20H32N4O2/c1-20(2,3)26-19(25)24-13-11-23(12-14-24)18-9-8-16(15-21-18)17-7-5-6-10-22(17)4/h8-9,15,17H,5-7,10-14H2,1-4H3/t17-/m0/s1. The molecule has 6 nitrogen and oxygen atoms in total. The van der Waals surface area contributed by atoms with Gasteiger partial charge >= 0.3 is 6.09 Å². The van der Waals surface area contributed by atoms with Crippen molar-refractivity contribution in [3.63, 3.8) is 0 Å². The zero-order valence-corrected chi connectivity index (χ0v) is 16.6. The lowest BCUT2D eigenvalue weighted by molar-refractivity contribution is 0.0240. The number of nitrogens with zero attached hydrogens (tertiary/aromatic N) is 4. The third-order valence-corrected chi connectivity index (χ3v) is 5.18. The first-order valence-corrected chi connectivity index (χ1v) is 9.72. The molecule has 1 aromatic rings. The quantitative estimate of drug-likeness (QED) is 0.810. The van der Waals surface area contributed by atoms with Crippen LogP contribution in [0.4, 0.5) is 10.6 Å². The molecule has 0 bridgehead atoms. The van der Waals surface area contributed by atoms with Gasteiger partial charge in [0.05, 0.1) is 0 Å². The lowest BCUT2D eigenvalue weighted by Crippen LogP contribution is -2.50. The third-order valence-electron chi connectivity index (χ3n) is 5.18. The molecule has 1 amide bonds. The largest absolute Gasteiger partial charge is 0.444 e. The van der Waals surface area contributed by atoms with Crippen molar-refractivity contribution in [2.45, 2.75) is 51.7 Å². The Labute approximate surface area is 157 Å². The second-order valence-corrected chi connectivity index (χ2v) is 8.40. The molecule has 0 spiro atoms. The van der Waals surface area contributed by atoms with Gasteiger partial charge in [0.1, 0.15) is 11.4 Å². The van der Waals surface area contributed by atoms with E-state index in [1.807, 2.05) is 27.0 Å². The van der Waals surface area contributed by atoms with Gasteiger partial charge in [-0.15, -0.1) is 0 Å². The molecule has 2 fully saturated rings. The van der Waals surface area contributed by atoms with E-state index < -0.39 is 5.60 Å². The maximum atomic E-state index is 12.2. The molecule has 2 aliphatic heterocycles. The van der Waals surface area contributed by atoms with Crippen molar-refractivity contribution in [3.05, 3.63) is 23.9 Å². The fourth-order valence-electron chi connectivity index (χ4n) is 3.72. The topological polar surface area (TPSA) is 48.9 Å². The van der Waals surface area contributed by atoms with Crippen LogP contribution in [-0.2, 0) is 4.74 Å². The van der Waals surface area contributed by atoms with Crippen LogP contribution >= 0.6 is 0 Å². The zero-order chi connectivity index (χ0) is 18.7. The molecule has 0 saturated carbocycles. The summed E-state index contributed by atoms with van der Waals surface area (Å²) in [7, 11) is 2.20. The molecule has 0 radical (unpaired) electrons. The van der Waals surface area contributed by atoms with Gasteiger partial charge in [-0.3, -0.25) is 4.90 Å². The first-order valence-electron chi connectivity index (χ1n) is 9.72. The lowest BCUT2D eigenvalue weighted by atomic mass is 9.97. The van der Waals surface area contributed by atoms with Crippen molar-refractivity contribution >= 4 is 11.9 Å². The SMILES string of the molecule is CN1CCCC[C@H]1c1ccc(N2CCN(C(=O)OC(C)(C)C)CC2)nc1. The number of rotatable bonds is 2. The summed E-state index contributed by atoms with van der Waals surface area (Å²) in [5.74, 6) is 0.996. The van der Waals surface area contributed by atoms with Gasteiger partial charge in [-0.1, -0.05) is 12.5 Å². The summed E-state index contributed by atoms with van der Waals surface area (Å²) < 4.78 is 5.46. The summed E-state index contributed by atoms with van der Waals surface area (Å²) in [5, 5.41) is 0. The van der Waals surface area contributed by atoms with E-state index in [1.165, 1.54) is 31.4 Å². The maximum Gasteiger partial charge on any atom is 0.410 e. The summed E-state index contributed by atoms with van der Waals surface area (Å²) in [6.07, 6.45) is 5.61. The van der Waals surface area contributed by atoms with E-state index in [4.69, 9.17) is 9.72 Å². The smallest absolute Gasteiger partial charge is 0.410 e. The molecule has 0 N–H and O–H groups in total. The van der Waals surface area contributed by atoms with E-state index in [0.29, 0.717) is 19.1 Å². The van der Waals surface area contributed by atoms with Crippen LogP contribution in [0.25, 0.3) is 0 Å². The van der Waals surface area contributed by atoms with E-state index in [-0.39, 0.29) is 6.09 Å². The highest BCUT2D eigenvalue weighted by molar-refractivity contribution is 5.68. The van der Waals surface area contributed by atoms with Crippen LogP contribution in [0.3, 0.4) is 0 Å². The number of aromatic nitrogens is 1. The number of anilines is 1. The number of ether oxygens (including phenoxy) is 1. The van der Waals surface area contributed by atoms with Crippen LogP contribution in [-0.4, -0.2) is 66.2 Å². The van der Waals surface area contributed by atoms with Gasteiger partial charge in [0.25, 0.3) is 0 Å². The van der Waals surface area contributed by atoms with Gasteiger partial charge in [-0.05, 0) is 58.8 Å². The van der Waals surface area contributed by atoms with Crippen molar-refractivity contribution < 1.29 is 9.53 Å². The molecule has 3 rings (SSSR count). The van der Waals surface area contributed by atoms with Crippen molar-refractivity contribution in [2.24, 2.45) is 0 Å². The molecular formula is C20H32N4O2. The Kier molecular flexibility index (Phi) is 5.70. The zero-order valence-electron chi connectivity index (χ0n) is 16.6. The fourth-order valence-corrected chi connectivity index (χ4v) is 3.72. The first kappa shape index (κ1) is 19.0. The van der Waals surface area contributed by atoms with Crippen molar-refractivity contribution in [2.75, 3.05) is 44.7 Å². The van der Waals surface area contributed by atoms with Crippen LogP contribution in [0, 0.1) is 0 Å². The van der Waals surface area contributed by atoms with Gasteiger partial charge in [0, 0.05) is 38.4 Å². The minimum absolute atomic E-state index is 0.221. The number of carbonyl (C=O) groups excluding carboxylic acids is 1. The normalized spacial score (nSPS) is 22.4. The van der Waals surface area contributed by atoms with Crippen molar-refractivity contribution in [1.29, 1.82) is 0 Å². The Balaban J connectivity index is 1.55. The van der Waals surface area contributed by atoms with E-state index in [1.54, 1.807) is 4.90 Å².